The van der Waals surface area contributed by atoms with Gasteiger partial charge in [-0.25, -0.2) is 0 Å². The fourth-order valence-corrected chi connectivity index (χ4v) is 7.02. The molecule has 0 spiro atoms. The predicted octanol–water partition coefficient (Wildman–Crippen LogP) is 9.33. The standard InChI is InChI=1S/C41H47NO3/c1-5-25-41(26-24-31-16-9-6-10-17-31)28-36(43)37(39(44)45-41)38(40(2,3)4)34-22-15-23-35(27-34)42(29-32-18-11-7-12-19-32)30-33-20-13-8-14-21-33/h6-23,27,37-38H,5,24-26,28-30H2,1-4H3/t37?,38-,41+/m0/s1. The number of carbonyl (C=O) groups excluding carboxylic acids is 2. The lowest BCUT2D eigenvalue weighted by Crippen LogP contribution is -2.51. The zero-order valence-corrected chi connectivity index (χ0v) is 27.2. The molecule has 4 aromatic rings. The molecule has 1 aliphatic rings. The van der Waals surface area contributed by atoms with E-state index in [2.05, 4.69) is 118 Å². The summed E-state index contributed by atoms with van der Waals surface area (Å²) in [5.41, 5.74) is 4.60. The number of carbonyl (C=O) groups is 2. The van der Waals surface area contributed by atoms with E-state index in [9.17, 15) is 9.59 Å². The van der Waals surface area contributed by atoms with Gasteiger partial charge in [0.2, 0.25) is 0 Å². The van der Waals surface area contributed by atoms with Crippen LogP contribution in [-0.4, -0.2) is 17.4 Å². The summed E-state index contributed by atoms with van der Waals surface area (Å²) in [4.78, 5) is 30.5. The van der Waals surface area contributed by atoms with E-state index in [0.717, 1.165) is 37.2 Å². The van der Waals surface area contributed by atoms with Gasteiger partial charge in [0.05, 0.1) is 0 Å². The van der Waals surface area contributed by atoms with E-state index in [1.807, 2.05) is 30.3 Å². The van der Waals surface area contributed by atoms with Gasteiger partial charge in [0.1, 0.15) is 11.5 Å². The number of cyclic esters (lactones) is 1. The Balaban J connectivity index is 1.44. The highest BCUT2D eigenvalue weighted by Gasteiger charge is 2.51. The minimum Gasteiger partial charge on any atom is -0.458 e. The summed E-state index contributed by atoms with van der Waals surface area (Å²) in [6, 6.07) is 39.7. The van der Waals surface area contributed by atoms with Crippen molar-refractivity contribution in [2.75, 3.05) is 4.90 Å². The average molecular weight is 602 g/mol. The van der Waals surface area contributed by atoms with Gasteiger partial charge in [-0.15, -0.1) is 0 Å². The average Bonchev–Trinajstić information content (AvgIpc) is 3.03. The van der Waals surface area contributed by atoms with E-state index in [0.29, 0.717) is 12.8 Å². The van der Waals surface area contributed by atoms with E-state index in [1.165, 1.54) is 16.7 Å². The molecule has 1 fully saturated rings. The first-order valence-electron chi connectivity index (χ1n) is 16.4. The van der Waals surface area contributed by atoms with Crippen molar-refractivity contribution in [1.82, 2.24) is 0 Å². The van der Waals surface area contributed by atoms with Crippen LogP contribution in [0.2, 0.25) is 0 Å². The number of esters is 1. The minimum atomic E-state index is -0.835. The summed E-state index contributed by atoms with van der Waals surface area (Å²) in [6.45, 7) is 9.95. The van der Waals surface area contributed by atoms with Gasteiger partial charge >= 0.3 is 5.97 Å². The molecule has 0 aliphatic carbocycles. The molecule has 1 unspecified atom stereocenters. The molecular weight excluding hydrogens is 554 g/mol. The Hall–Kier alpha value is -4.18. The second-order valence-corrected chi connectivity index (χ2v) is 13.7. The molecule has 234 valence electrons. The molecule has 0 radical (unpaired) electrons. The molecule has 0 amide bonds. The molecule has 3 atom stereocenters. The van der Waals surface area contributed by atoms with E-state index >= 15 is 0 Å². The number of rotatable bonds is 12. The highest BCUT2D eigenvalue weighted by Crippen LogP contribution is 2.47. The molecule has 0 aromatic heterocycles. The van der Waals surface area contributed by atoms with E-state index in [-0.39, 0.29) is 29.5 Å². The van der Waals surface area contributed by atoms with Gasteiger partial charge in [-0.1, -0.05) is 137 Å². The Morgan fingerprint density at radius 2 is 1.31 bits per heavy atom. The van der Waals surface area contributed by atoms with Gasteiger partial charge in [-0.2, -0.15) is 0 Å². The monoisotopic (exact) mass is 601 g/mol. The molecule has 1 aliphatic heterocycles. The van der Waals surface area contributed by atoms with Crippen LogP contribution >= 0.6 is 0 Å². The summed E-state index contributed by atoms with van der Waals surface area (Å²) < 4.78 is 6.38. The highest BCUT2D eigenvalue weighted by atomic mass is 16.6. The number of hydrogen-bond acceptors (Lipinski definition) is 4. The van der Waals surface area contributed by atoms with Gasteiger partial charge < -0.3 is 9.64 Å². The number of ketones is 1. The molecule has 1 saturated heterocycles. The van der Waals surface area contributed by atoms with Crippen LogP contribution in [-0.2, 0) is 33.8 Å². The van der Waals surface area contributed by atoms with Crippen molar-refractivity contribution < 1.29 is 14.3 Å². The lowest BCUT2D eigenvalue weighted by atomic mass is 9.65. The Morgan fingerprint density at radius 3 is 1.82 bits per heavy atom. The van der Waals surface area contributed by atoms with Crippen LogP contribution in [0.5, 0.6) is 0 Å². The van der Waals surface area contributed by atoms with Crippen molar-refractivity contribution >= 4 is 17.4 Å². The predicted molar refractivity (Wildman–Crippen MR) is 183 cm³/mol. The Labute approximate surface area is 269 Å². The summed E-state index contributed by atoms with van der Waals surface area (Å²) in [6.07, 6.45) is 3.23. The summed E-state index contributed by atoms with van der Waals surface area (Å²) in [5.74, 6) is -1.52. The minimum absolute atomic E-state index is 0.00326. The zero-order chi connectivity index (χ0) is 31.9. The molecular formula is C41H47NO3. The van der Waals surface area contributed by atoms with Crippen molar-refractivity contribution in [2.24, 2.45) is 11.3 Å². The number of Topliss-reactive ketones (excluding diaryl/α,β-unsaturated/α-hetero) is 1. The molecule has 4 heteroatoms. The first-order valence-corrected chi connectivity index (χ1v) is 16.4. The molecule has 1 heterocycles. The number of aryl methyl sites for hydroxylation is 1. The lowest BCUT2D eigenvalue weighted by Gasteiger charge is -2.44. The van der Waals surface area contributed by atoms with Crippen molar-refractivity contribution in [3.8, 4) is 0 Å². The van der Waals surface area contributed by atoms with Crippen LogP contribution < -0.4 is 4.90 Å². The second kappa shape index (κ2) is 14.3. The van der Waals surface area contributed by atoms with Crippen LogP contribution in [0.3, 0.4) is 0 Å². The summed E-state index contributed by atoms with van der Waals surface area (Å²) >= 11 is 0. The molecule has 0 N–H and O–H groups in total. The smallest absolute Gasteiger partial charge is 0.317 e. The third-order valence-corrected chi connectivity index (χ3v) is 9.13. The number of anilines is 1. The van der Waals surface area contributed by atoms with Crippen molar-refractivity contribution in [1.29, 1.82) is 0 Å². The van der Waals surface area contributed by atoms with Crippen LogP contribution in [0.4, 0.5) is 5.69 Å². The maximum atomic E-state index is 14.2. The fraction of sp³-hybridized carbons (Fsp3) is 0.366. The molecule has 4 aromatic carbocycles. The van der Waals surface area contributed by atoms with Crippen LogP contribution in [0.25, 0.3) is 0 Å². The summed E-state index contributed by atoms with van der Waals surface area (Å²) in [7, 11) is 0. The Morgan fingerprint density at radius 1 is 0.756 bits per heavy atom. The van der Waals surface area contributed by atoms with Gasteiger partial charge in [0.25, 0.3) is 0 Å². The number of nitrogens with zero attached hydrogens (tertiary/aromatic N) is 1. The molecule has 5 rings (SSSR count). The van der Waals surface area contributed by atoms with E-state index in [4.69, 9.17) is 4.74 Å². The van der Waals surface area contributed by atoms with Gasteiger partial charge in [0.15, 0.2) is 5.78 Å². The van der Waals surface area contributed by atoms with Gasteiger partial charge in [-0.05, 0) is 59.1 Å². The molecule has 45 heavy (non-hydrogen) atoms. The van der Waals surface area contributed by atoms with Crippen molar-refractivity contribution in [3.05, 3.63) is 138 Å². The number of ether oxygens (including phenoxy) is 1. The third-order valence-electron chi connectivity index (χ3n) is 9.13. The van der Waals surface area contributed by atoms with Gasteiger partial charge in [-0.3, -0.25) is 9.59 Å². The SMILES string of the molecule is CCC[C@@]1(CCc2ccccc2)CC(=O)C([C@H](c2cccc(N(Cc3ccccc3)Cc3ccccc3)c2)C(C)(C)C)C(=O)O1. The largest absolute Gasteiger partial charge is 0.458 e. The highest BCUT2D eigenvalue weighted by molar-refractivity contribution is 6.02. The Kier molecular flexibility index (Phi) is 10.2. The third kappa shape index (κ3) is 8.11. The van der Waals surface area contributed by atoms with Crippen LogP contribution in [0.1, 0.15) is 81.5 Å². The number of benzene rings is 4. The first kappa shape index (κ1) is 32.2. The normalized spacial score (nSPS) is 19.2. The van der Waals surface area contributed by atoms with E-state index in [1.54, 1.807) is 0 Å². The first-order chi connectivity index (χ1) is 21.7. The van der Waals surface area contributed by atoms with Crippen molar-refractivity contribution in [2.45, 2.75) is 84.4 Å². The van der Waals surface area contributed by atoms with Crippen LogP contribution in [0.15, 0.2) is 115 Å². The fourth-order valence-electron chi connectivity index (χ4n) is 7.02. The maximum absolute atomic E-state index is 14.2. The van der Waals surface area contributed by atoms with Crippen LogP contribution in [0, 0.1) is 11.3 Å². The van der Waals surface area contributed by atoms with E-state index < -0.39 is 11.5 Å². The quantitative estimate of drug-likeness (QED) is 0.120. The molecule has 0 bridgehead atoms. The lowest BCUT2D eigenvalue weighted by molar-refractivity contribution is -0.182. The number of hydrogen-bond donors (Lipinski definition) is 0. The van der Waals surface area contributed by atoms with Gasteiger partial charge in [0, 0.05) is 31.1 Å². The maximum Gasteiger partial charge on any atom is 0.317 e. The molecule has 0 saturated carbocycles. The summed E-state index contributed by atoms with van der Waals surface area (Å²) in [5, 5.41) is 0. The van der Waals surface area contributed by atoms with Crippen molar-refractivity contribution in [3.63, 3.8) is 0 Å². The topological polar surface area (TPSA) is 46.6 Å². The zero-order valence-electron chi connectivity index (χ0n) is 27.2. The Bertz CT molecular complexity index is 1480. The second-order valence-electron chi connectivity index (χ2n) is 13.7. The molecule has 4 nitrogen and oxygen atoms in total.